The van der Waals surface area contributed by atoms with Crippen LogP contribution in [0.25, 0.3) is 66.8 Å². The molecule has 0 aliphatic carbocycles. The highest BCUT2D eigenvalue weighted by molar-refractivity contribution is 5.83. The minimum Gasteiger partial charge on any atom is -0.0622 e. The third-order valence-electron chi connectivity index (χ3n) is 7.91. The largest absolute Gasteiger partial charge is 0.0622 e. The second-order valence-electron chi connectivity index (χ2n) is 10.6. The third kappa shape index (κ3) is 5.44. The van der Waals surface area contributed by atoms with E-state index in [9.17, 15) is 0 Å². The fraction of sp³-hybridized carbons (Fsp3) is 0. The van der Waals surface area contributed by atoms with Crippen LogP contribution in [0.2, 0.25) is 0 Å². The number of hydrogen-bond donors (Lipinski definition) is 0. The molecule has 0 saturated carbocycles. The molecule has 7 aromatic rings. The maximum atomic E-state index is 2.32. The summed E-state index contributed by atoms with van der Waals surface area (Å²) >= 11 is 0. The van der Waals surface area contributed by atoms with Crippen LogP contribution < -0.4 is 0 Å². The van der Waals surface area contributed by atoms with Gasteiger partial charge in [-0.15, -0.1) is 0 Å². The smallest absolute Gasteiger partial charge is 0.0172 e. The van der Waals surface area contributed by atoms with Crippen molar-refractivity contribution in [3.8, 4) is 66.8 Å². The summed E-state index contributed by atoms with van der Waals surface area (Å²) < 4.78 is 0. The molecule has 0 aromatic heterocycles. The lowest BCUT2D eigenvalue weighted by molar-refractivity contribution is 1.55. The molecular formula is C42H30. The average Bonchev–Trinajstić information content (AvgIpc) is 3.09. The van der Waals surface area contributed by atoms with Gasteiger partial charge in [0.1, 0.15) is 0 Å². The maximum Gasteiger partial charge on any atom is -0.0172 e. The lowest BCUT2D eigenvalue weighted by atomic mass is 9.91. The summed E-state index contributed by atoms with van der Waals surface area (Å²) in [6.07, 6.45) is 0. The van der Waals surface area contributed by atoms with Crippen molar-refractivity contribution >= 4 is 0 Å². The van der Waals surface area contributed by atoms with Gasteiger partial charge >= 0.3 is 0 Å². The SMILES string of the molecule is c1ccc(-c2ccc(-c3cc(-c4ccc(-c5ccccc5)cc4)cc(-c4ccc(-c5ccccc5)cc4)c3)cc2)cc1. The molecule has 0 spiro atoms. The average molecular weight is 535 g/mol. The quantitative estimate of drug-likeness (QED) is 0.199. The number of hydrogen-bond acceptors (Lipinski definition) is 0. The minimum absolute atomic E-state index is 1.21. The molecule has 0 heteroatoms. The molecule has 0 saturated heterocycles. The third-order valence-corrected chi connectivity index (χ3v) is 7.91. The summed E-state index contributed by atoms with van der Waals surface area (Å²) in [5, 5.41) is 0. The number of benzene rings is 7. The van der Waals surface area contributed by atoms with Crippen LogP contribution in [0, 0.1) is 0 Å². The van der Waals surface area contributed by atoms with Crippen LogP contribution in [0.1, 0.15) is 0 Å². The molecule has 0 aliphatic heterocycles. The first-order valence-electron chi connectivity index (χ1n) is 14.4. The molecule has 0 fully saturated rings. The number of rotatable bonds is 6. The highest BCUT2D eigenvalue weighted by atomic mass is 14.1. The van der Waals surface area contributed by atoms with Gasteiger partial charge in [-0.3, -0.25) is 0 Å². The van der Waals surface area contributed by atoms with Gasteiger partial charge in [0.25, 0.3) is 0 Å². The molecule has 7 rings (SSSR count). The molecule has 198 valence electrons. The van der Waals surface area contributed by atoms with Crippen LogP contribution in [0.15, 0.2) is 182 Å². The summed E-state index contributed by atoms with van der Waals surface area (Å²) in [7, 11) is 0. The first kappa shape index (κ1) is 25.5. The molecule has 0 amide bonds. The minimum atomic E-state index is 1.21. The Morgan fingerprint density at radius 2 is 0.310 bits per heavy atom. The van der Waals surface area contributed by atoms with Crippen molar-refractivity contribution in [1.82, 2.24) is 0 Å². The standard InChI is InChI=1S/C42H30/c1-4-10-31(11-5-1)34-16-22-37(23-17-34)40-28-41(38-24-18-35(19-25-38)32-12-6-2-7-13-32)30-42(29-40)39-26-20-36(21-27-39)33-14-8-3-9-15-33/h1-30H. The summed E-state index contributed by atoms with van der Waals surface area (Å²) in [6.45, 7) is 0. The van der Waals surface area contributed by atoms with Crippen molar-refractivity contribution in [1.29, 1.82) is 0 Å². The fourth-order valence-corrected chi connectivity index (χ4v) is 5.58. The second-order valence-corrected chi connectivity index (χ2v) is 10.6. The van der Waals surface area contributed by atoms with E-state index >= 15 is 0 Å². The molecule has 0 nitrogen and oxygen atoms in total. The Morgan fingerprint density at radius 1 is 0.143 bits per heavy atom. The molecule has 0 aliphatic rings. The van der Waals surface area contributed by atoms with Crippen LogP contribution in [0.3, 0.4) is 0 Å². The van der Waals surface area contributed by atoms with Crippen LogP contribution in [0.4, 0.5) is 0 Å². The zero-order valence-corrected chi connectivity index (χ0v) is 23.3. The van der Waals surface area contributed by atoms with Gasteiger partial charge in [0, 0.05) is 0 Å². The zero-order chi connectivity index (χ0) is 28.1. The van der Waals surface area contributed by atoms with Gasteiger partial charge in [0.15, 0.2) is 0 Å². The zero-order valence-electron chi connectivity index (χ0n) is 23.3. The van der Waals surface area contributed by atoms with E-state index in [0.29, 0.717) is 0 Å². The Bertz CT molecular complexity index is 1660. The Hall–Kier alpha value is -5.46. The molecule has 0 heterocycles. The van der Waals surface area contributed by atoms with Crippen molar-refractivity contribution in [2.75, 3.05) is 0 Å². The summed E-state index contributed by atoms with van der Waals surface area (Å²) in [5.74, 6) is 0. The summed E-state index contributed by atoms with van der Waals surface area (Å²) in [5.41, 5.74) is 14.6. The maximum absolute atomic E-state index is 2.32. The lowest BCUT2D eigenvalue weighted by Gasteiger charge is -2.13. The van der Waals surface area contributed by atoms with Crippen molar-refractivity contribution in [2.45, 2.75) is 0 Å². The van der Waals surface area contributed by atoms with Gasteiger partial charge in [-0.1, -0.05) is 164 Å². The van der Waals surface area contributed by atoms with Crippen molar-refractivity contribution in [3.05, 3.63) is 182 Å². The topological polar surface area (TPSA) is 0 Å². The Kier molecular flexibility index (Phi) is 7.02. The van der Waals surface area contributed by atoms with Crippen molar-refractivity contribution < 1.29 is 0 Å². The normalized spacial score (nSPS) is 10.9. The van der Waals surface area contributed by atoms with E-state index in [1.54, 1.807) is 0 Å². The Balaban J connectivity index is 1.29. The highest BCUT2D eigenvalue weighted by Gasteiger charge is 2.09. The second kappa shape index (κ2) is 11.6. The molecular weight excluding hydrogens is 504 g/mol. The molecule has 0 unspecified atom stereocenters. The highest BCUT2D eigenvalue weighted by Crippen LogP contribution is 2.35. The fourth-order valence-electron chi connectivity index (χ4n) is 5.58. The van der Waals surface area contributed by atoms with Gasteiger partial charge in [0.05, 0.1) is 0 Å². The van der Waals surface area contributed by atoms with Gasteiger partial charge in [-0.25, -0.2) is 0 Å². The monoisotopic (exact) mass is 534 g/mol. The van der Waals surface area contributed by atoms with Crippen molar-refractivity contribution in [3.63, 3.8) is 0 Å². The van der Waals surface area contributed by atoms with Gasteiger partial charge in [0.2, 0.25) is 0 Å². The Labute approximate surface area is 248 Å². The van der Waals surface area contributed by atoms with E-state index in [2.05, 4.69) is 182 Å². The summed E-state index contributed by atoms with van der Waals surface area (Å²) in [4.78, 5) is 0. The molecule has 0 radical (unpaired) electrons. The first-order valence-corrected chi connectivity index (χ1v) is 14.4. The first-order chi connectivity index (χ1) is 20.8. The Morgan fingerprint density at radius 3 is 0.524 bits per heavy atom. The molecule has 0 N–H and O–H groups in total. The predicted octanol–water partition coefficient (Wildman–Crippen LogP) is 11.7. The van der Waals surface area contributed by atoms with Gasteiger partial charge < -0.3 is 0 Å². The van der Waals surface area contributed by atoms with E-state index in [-0.39, 0.29) is 0 Å². The van der Waals surface area contributed by atoms with Crippen LogP contribution in [-0.2, 0) is 0 Å². The van der Waals surface area contributed by atoms with E-state index in [1.165, 1.54) is 66.8 Å². The van der Waals surface area contributed by atoms with E-state index < -0.39 is 0 Å². The van der Waals surface area contributed by atoms with Crippen LogP contribution >= 0.6 is 0 Å². The van der Waals surface area contributed by atoms with Crippen LogP contribution in [0.5, 0.6) is 0 Å². The molecule has 7 aromatic carbocycles. The predicted molar refractivity (Wildman–Crippen MR) is 179 cm³/mol. The van der Waals surface area contributed by atoms with Gasteiger partial charge in [-0.05, 0) is 85.0 Å². The van der Waals surface area contributed by atoms with Crippen LogP contribution in [-0.4, -0.2) is 0 Å². The lowest BCUT2D eigenvalue weighted by Crippen LogP contribution is -1.87. The van der Waals surface area contributed by atoms with E-state index in [4.69, 9.17) is 0 Å². The van der Waals surface area contributed by atoms with Gasteiger partial charge in [-0.2, -0.15) is 0 Å². The summed E-state index contributed by atoms with van der Waals surface area (Å²) in [6, 6.07) is 65.4. The van der Waals surface area contributed by atoms with E-state index in [1.807, 2.05) is 0 Å². The van der Waals surface area contributed by atoms with E-state index in [0.717, 1.165) is 0 Å². The molecule has 42 heavy (non-hydrogen) atoms. The molecule has 0 atom stereocenters. The molecule has 0 bridgehead atoms. The van der Waals surface area contributed by atoms with Crippen molar-refractivity contribution in [2.24, 2.45) is 0 Å².